The van der Waals surface area contributed by atoms with Gasteiger partial charge in [0.25, 0.3) is 0 Å². The summed E-state index contributed by atoms with van der Waals surface area (Å²) >= 11 is 0. The highest BCUT2D eigenvalue weighted by Crippen LogP contribution is 2.20. The van der Waals surface area contributed by atoms with Crippen molar-refractivity contribution in [3.63, 3.8) is 0 Å². The van der Waals surface area contributed by atoms with Crippen LogP contribution in [0.1, 0.15) is 31.2 Å². The van der Waals surface area contributed by atoms with Gasteiger partial charge in [-0.15, -0.1) is 0 Å². The van der Waals surface area contributed by atoms with Crippen LogP contribution >= 0.6 is 0 Å². The Morgan fingerprint density at radius 2 is 2.00 bits per heavy atom. The third-order valence-corrected chi connectivity index (χ3v) is 2.85. The molecule has 2 rings (SSSR count). The zero-order valence-corrected chi connectivity index (χ0v) is 9.01. The first-order chi connectivity index (χ1) is 7.77. The molecule has 0 amide bonds. The van der Waals surface area contributed by atoms with Gasteiger partial charge in [0.2, 0.25) is 0 Å². The Balaban J connectivity index is 1.82. The van der Waals surface area contributed by atoms with E-state index in [0.29, 0.717) is 0 Å². The number of benzene rings is 1. The first-order valence-electron chi connectivity index (χ1n) is 5.59. The number of hydroxylamine groups is 1. The van der Waals surface area contributed by atoms with Crippen LogP contribution in [0.25, 0.3) is 0 Å². The van der Waals surface area contributed by atoms with Gasteiger partial charge in [0.1, 0.15) is 0 Å². The molecule has 1 aliphatic carbocycles. The second-order valence-corrected chi connectivity index (χ2v) is 4.06. The molecule has 1 aliphatic rings. The lowest BCUT2D eigenvalue weighted by molar-refractivity contribution is -0.0248. The van der Waals surface area contributed by atoms with Crippen molar-refractivity contribution in [3.05, 3.63) is 35.4 Å². The molecule has 1 saturated carbocycles. The van der Waals surface area contributed by atoms with Crippen LogP contribution in [0.15, 0.2) is 18.2 Å². The molecule has 88 valence electrons. The molecule has 1 fully saturated rings. The fourth-order valence-electron chi connectivity index (χ4n) is 1.93. The fourth-order valence-corrected chi connectivity index (χ4v) is 1.93. The van der Waals surface area contributed by atoms with Crippen LogP contribution in [0.2, 0.25) is 0 Å². The molecule has 1 aromatic rings. The highest BCUT2D eigenvalue weighted by Gasteiger charge is 2.15. The molecular formula is C12H15F2NO. The minimum atomic E-state index is -0.819. The van der Waals surface area contributed by atoms with Gasteiger partial charge in [-0.1, -0.05) is 25.0 Å². The first-order valence-corrected chi connectivity index (χ1v) is 5.59. The van der Waals surface area contributed by atoms with E-state index >= 15 is 0 Å². The molecule has 2 nitrogen and oxygen atoms in total. The lowest BCUT2D eigenvalue weighted by atomic mass is 10.2. The smallest absolute Gasteiger partial charge is 0.163 e. The van der Waals surface area contributed by atoms with Crippen LogP contribution < -0.4 is 5.48 Å². The third kappa shape index (κ3) is 2.77. The maximum absolute atomic E-state index is 13.2. The van der Waals surface area contributed by atoms with Crippen molar-refractivity contribution in [2.45, 2.75) is 38.3 Å². The molecule has 1 N–H and O–H groups in total. The Morgan fingerprint density at radius 1 is 1.25 bits per heavy atom. The second-order valence-electron chi connectivity index (χ2n) is 4.06. The summed E-state index contributed by atoms with van der Waals surface area (Å²) in [5.41, 5.74) is 2.99. The summed E-state index contributed by atoms with van der Waals surface area (Å²) in [6.07, 6.45) is 4.66. The van der Waals surface area contributed by atoms with Crippen molar-refractivity contribution in [1.29, 1.82) is 0 Å². The molecule has 0 heterocycles. The van der Waals surface area contributed by atoms with Gasteiger partial charge in [-0.2, -0.15) is 5.48 Å². The maximum Gasteiger partial charge on any atom is 0.163 e. The summed E-state index contributed by atoms with van der Waals surface area (Å²) in [7, 11) is 0. The highest BCUT2D eigenvalue weighted by molar-refractivity contribution is 5.18. The summed E-state index contributed by atoms with van der Waals surface area (Å²) in [4.78, 5) is 5.36. The van der Waals surface area contributed by atoms with Gasteiger partial charge < -0.3 is 0 Å². The number of rotatable bonds is 4. The molecule has 4 heteroatoms. The van der Waals surface area contributed by atoms with Crippen molar-refractivity contribution in [2.24, 2.45) is 0 Å². The molecule has 0 radical (unpaired) electrons. The first kappa shape index (κ1) is 11.5. The largest absolute Gasteiger partial charge is 0.298 e. The average molecular weight is 227 g/mol. The number of hydrogen-bond donors (Lipinski definition) is 1. The zero-order chi connectivity index (χ0) is 11.4. The molecule has 0 spiro atoms. The Kier molecular flexibility index (Phi) is 3.85. The molecule has 0 aromatic heterocycles. The predicted octanol–water partition coefficient (Wildman–Crippen LogP) is 2.93. The van der Waals surface area contributed by atoms with Crippen LogP contribution in [0.5, 0.6) is 0 Å². The van der Waals surface area contributed by atoms with Crippen LogP contribution in [0, 0.1) is 11.6 Å². The Bertz CT molecular complexity index is 351. The van der Waals surface area contributed by atoms with Crippen molar-refractivity contribution in [3.8, 4) is 0 Å². The fraction of sp³-hybridized carbons (Fsp3) is 0.500. The molecule has 0 bridgehead atoms. The third-order valence-electron chi connectivity index (χ3n) is 2.85. The Labute approximate surface area is 93.6 Å². The Hall–Kier alpha value is -1.00. The molecule has 0 aliphatic heterocycles. The van der Waals surface area contributed by atoms with Gasteiger partial charge in [0.15, 0.2) is 11.6 Å². The quantitative estimate of drug-likeness (QED) is 0.798. The van der Waals surface area contributed by atoms with E-state index in [2.05, 4.69) is 5.48 Å². The normalized spacial score (nSPS) is 16.9. The highest BCUT2D eigenvalue weighted by atomic mass is 19.2. The van der Waals surface area contributed by atoms with E-state index in [9.17, 15) is 8.78 Å². The molecule has 0 atom stereocenters. The van der Waals surface area contributed by atoms with E-state index in [1.807, 2.05) is 0 Å². The molecule has 0 saturated heterocycles. The summed E-state index contributed by atoms with van der Waals surface area (Å²) in [5.74, 6) is -1.62. The average Bonchev–Trinajstić information content (AvgIpc) is 2.77. The molecule has 0 unspecified atom stereocenters. The van der Waals surface area contributed by atoms with Crippen LogP contribution in [-0.2, 0) is 11.4 Å². The summed E-state index contributed by atoms with van der Waals surface area (Å²) in [6.45, 7) is 0.195. The monoisotopic (exact) mass is 227 g/mol. The van der Waals surface area contributed by atoms with E-state index in [1.165, 1.54) is 18.9 Å². The van der Waals surface area contributed by atoms with Crippen molar-refractivity contribution in [2.75, 3.05) is 0 Å². The molecular weight excluding hydrogens is 212 g/mol. The van der Waals surface area contributed by atoms with E-state index in [0.717, 1.165) is 18.9 Å². The van der Waals surface area contributed by atoms with Crippen molar-refractivity contribution in [1.82, 2.24) is 5.48 Å². The van der Waals surface area contributed by atoms with E-state index in [-0.39, 0.29) is 18.2 Å². The molecule has 1 aromatic carbocycles. The van der Waals surface area contributed by atoms with Crippen LogP contribution in [0.3, 0.4) is 0 Å². The topological polar surface area (TPSA) is 21.3 Å². The lowest BCUT2D eigenvalue weighted by Crippen LogP contribution is -2.21. The number of hydrogen-bond acceptors (Lipinski definition) is 2. The predicted molar refractivity (Wildman–Crippen MR) is 56.5 cm³/mol. The lowest BCUT2D eigenvalue weighted by Gasteiger charge is -2.12. The summed E-state index contributed by atoms with van der Waals surface area (Å²) in [5, 5.41) is 0. The number of halogens is 2. The standard InChI is InChI=1S/C12H15F2NO/c13-11-7-3-4-9(12(11)14)8-15-16-10-5-1-2-6-10/h3-4,7,10,15H,1-2,5-6,8H2. The minimum Gasteiger partial charge on any atom is -0.298 e. The number of nitrogens with one attached hydrogen (secondary N) is 1. The Morgan fingerprint density at radius 3 is 2.75 bits per heavy atom. The van der Waals surface area contributed by atoms with Gasteiger partial charge >= 0.3 is 0 Å². The zero-order valence-electron chi connectivity index (χ0n) is 9.01. The van der Waals surface area contributed by atoms with Gasteiger partial charge in [-0.3, -0.25) is 4.84 Å². The van der Waals surface area contributed by atoms with E-state index in [1.54, 1.807) is 6.07 Å². The van der Waals surface area contributed by atoms with Crippen LogP contribution in [-0.4, -0.2) is 6.10 Å². The van der Waals surface area contributed by atoms with Crippen LogP contribution in [0.4, 0.5) is 8.78 Å². The maximum atomic E-state index is 13.2. The minimum absolute atomic E-state index is 0.195. The van der Waals surface area contributed by atoms with Crippen molar-refractivity contribution >= 4 is 0 Å². The van der Waals surface area contributed by atoms with E-state index in [4.69, 9.17) is 4.84 Å². The van der Waals surface area contributed by atoms with Gasteiger partial charge in [-0.25, -0.2) is 8.78 Å². The summed E-state index contributed by atoms with van der Waals surface area (Å²) in [6, 6.07) is 4.14. The van der Waals surface area contributed by atoms with E-state index < -0.39 is 11.6 Å². The van der Waals surface area contributed by atoms with Gasteiger partial charge in [0, 0.05) is 12.1 Å². The second kappa shape index (κ2) is 5.37. The van der Waals surface area contributed by atoms with Crippen molar-refractivity contribution < 1.29 is 13.6 Å². The van der Waals surface area contributed by atoms with Gasteiger partial charge in [0.05, 0.1) is 6.10 Å². The van der Waals surface area contributed by atoms with Gasteiger partial charge in [-0.05, 0) is 18.9 Å². The SMILES string of the molecule is Fc1cccc(CNOC2CCCC2)c1F. The summed E-state index contributed by atoms with van der Waals surface area (Å²) < 4.78 is 26.1. The molecule has 16 heavy (non-hydrogen) atoms.